The zero-order chi connectivity index (χ0) is 16.2. The summed E-state index contributed by atoms with van der Waals surface area (Å²) in [6, 6.07) is 14.1. The molecule has 1 amide bonds. The number of rotatable bonds is 4. The van der Waals surface area contributed by atoms with Gasteiger partial charge in [-0.15, -0.1) is 0 Å². The van der Waals surface area contributed by atoms with Gasteiger partial charge < -0.3 is 10.4 Å². The van der Waals surface area contributed by atoms with E-state index >= 15 is 0 Å². The Morgan fingerprint density at radius 3 is 2.78 bits per heavy atom. The lowest BCUT2D eigenvalue weighted by Crippen LogP contribution is -2.14. The summed E-state index contributed by atoms with van der Waals surface area (Å²) in [5.74, 6) is 1.23. The fourth-order valence-electron chi connectivity index (χ4n) is 2.25. The smallest absolute Gasteiger partial charge is 0.228 e. The highest BCUT2D eigenvalue weighted by Gasteiger charge is 2.09. The molecule has 3 N–H and O–H groups in total. The van der Waals surface area contributed by atoms with Crippen LogP contribution < -0.4 is 5.32 Å². The van der Waals surface area contributed by atoms with Crippen LogP contribution in [0.25, 0.3) is 11.4 Å². The highest BCUT2D eigenvalue weighted by atomic mass is 16.3. The minimum absolute atomic E-state index is 0.108. The molecule has 1 heterocycles. The van der Waals surface area contributed by atoms with Gasteiger partial charge in [-0.1, -0.05) is 30.3 Å². The summed E-state index contributed by atoms with van der Waals surface area (Å²) < 4.78 is 0. The van der Waals surface area contributed by atoms with E-state index in [9.17, 15) is 9.90 Å². The van der Waals surface area contributed by atoms with E-state index in [0.29, 0.717) is 17.1 Å². The minimum Gasteiger partial charge on any atom is -0.508 e. The van der Waals surface area contributed by atoms with Gasteiger partial charge in [-0.3, -0.25) is 9.89 Å². The third-order valence-electron chi connectivity index (χ3n) is 3.34. The number of phenolic OH excluding ortho intramolecular Hbond substituents is 1. The standard InChI is InChI=1S/C17H16N4O2/c1-11-18-17(21-20-11)13-6-4-7-14(9-13)19-16(23)10-12-5-2-3-8-15(12)22/h2-9,22H,10H2,1H3,(H,19,23)(H,18,20,21). The number of hydrogen-bond donors (Lipinski definition) is 3. The van der Waals surface area contributed by atoms with E-state index in [2.05, 4.69) is 20.5 Å². The van der Waals surface area contributed by atoms with Crippen molar-refractivity contribution in [2.75, 3.05) is 5.32 Å². The van der Waals surface area contributed by atoms with Crippen LogP contribution in [-0.2, 0) is 11.2 Å². The van der Waals surface area contributed by atoms with Crippen LogP contribution >= 0.6 is 0 Å². The quantitative estimate of drug-likeness (QED) is 0.691. The molecule has 3 aromatic rings. The molecule has 6 heteroatoms. The van der Waals surface area contributed by atoms with Crippen LogP contribution in [0.5, 0.6) is 5.75 Å². The topological polar surface area (TPSA) is 90.9 Å². The number of aryl methyl sites for hydroxylation is 1. The number of aromatic nitrogens is 3. The molecule has 0 aliphatic rings. The van der Waals surface area contributed by atoms with Crippen LogP contribution in [0.1, 0.15) is 11.4 Å². The van der Waals surface area contributed by atoms with Crippen LogP contribution in [0.4, 0.5) is 5.69 Å². The van der Waals surface area contributed by atoms with Gasteiger partial charge in [-0.05, 0) is 25.1 Å². The Morgan fingerprint density at radius 2 is 2.04 bits per heavy atom. The van der Waals surface area contributed by atoms with Gasteiger partial charge in [-0.25, -0.2) is 4.98 Å². The van der Waals surface area contributed by atoms with E-state index in [1.165, 1.54) is 0 Å². The summed E-state index contributed by atoms with van der Waals surface area (Å²) in [6.45, 7) is 1.83. The second-order valence-electron chi connectivity index (χ2n) is 5.18. The number of carbonyl (C=O) groups is 1. The van der Waals surface area contributed by atoms with Gasteiger partial charge in [0.1, 0.15) is 11.6 Å². The number of nitrogens with one attached hydrogen (secondary N) is 2. The fraction of sp³-hybridized carbons (Fsp3) is 0.118. The van der Waals surface area contributed by atoms with Crippen molar-refractivity contribution in [2.24, 2.45) is 0 Å². The zero-order valence-electron chi connectivity index (χ0n) is 12.6. The molecule has 0 atom stereocenters. The van der Waals surface area contributed by atoms with E-state index in [1.807, 2.05) is 25.1 Å². The lowest BCUT2D eigenvalue weighted by Gasteiger charge is -2.07. The number of benzene rings is 2. The molecule has 0 spiro atoms. The van der Waals surface area contributed by atoms with E-state index in [0.717, 1.165) is 11.4 Å². The number of para-hydroxylation sites is 1. The molecule has 0 aliphatic heterocycles. The Bertz CT molecular complexity index is 842. The first-order valence-electron chi connectivity index (χ1n) is 7.18. The molecule has 3 rings (SSSR count). The molecule has 2 aromatic carbocycles. The Morgan fingerprint density at radius 1 is 1.22 bits per heavy atom. The number of carbonyl (C=O) groups excluding carboxylic acids is 1. The summed E-state index contributed by atoms with van der Waals surface area (Å²) in [4.78, 5) is 16.4. The molecule has 116 valence electrons. The van der Waals surface area contributed by atoms with E-state index < -0.39 is 0 Å². The van der Waals surface area contributed by atoms with Crippen LogP contribution in [0.2, 0.25) is 0 Å². The number of aromatic amines is 1. The molecule has 0 aliphatic carbocycles. The van der Waals surface area contributed by atoms with Crippen molar-refractivity contribution in [2.45, 2.75) is 13.3 Å². The SMILES string of the molecule is Cc1nc(-c2cccc(NC(=O)Cc3ccccc3O)c2)n[nH]1. The maximum absolute atomic E-state index is 12.1. The van der Waals surface area contributed by atoms with E-state index in [-0.39, 0.29) is 18.1 Å². The van der Waals surface area contributed by atoms with E-state index in [1.54, 1.807) is 30.3 Å². The third-order valence-corrected chi connectivity index (χ3v) is 3.34. The molecule has 0 bridgehead atoms. The summed E-state index contributed by atoms with van der Waals surface area (Å²) >= 11 is 0. The molecule has 1 aromatic heterocycles. The van der Waals surface area contributed by atoms with Gasteiger partial charge >= 0.3 is 0 Å². The Hall–Kier alpha value is -3.15. The highest BCUT2D eigenvalue weighted by Crippen LogP contribution is 2.20. The number of amides is 1. The Labute approximate surface area is 133 Å². The zero-order valence-corrected chi connectivity index (χ0v) is 12.6. The number of phenols is 1. The highest BCUT2D eigenvalue weighted by molar-refractivity contribution is 5.93. The van der Waals surface area contributed by atoms with Crippen LogP contribution in [0, 0.1) is 6.92 Å². The first kappa shape index (κ1) is 14.8. The molecular formula is C17H16N4O2. The maximum atomic E-state index is 12.1. The number of H-pyrrole nitrogens is 1. The first-order valence-corrected chi connectivity index (χ1v) is 7.18. The van der Waals surface area contributed by atoms with Gasteiger partial charge in [0, 0.05) is 16.8 Å². The molecule has 0 radical (unpaired) electrons. The summed E-state index contributed by atoms with van der Waals surface area (Å²) in [7, 11) is 0. The Kier molecular flexibility index (Phi) is 4.05. The number of nitrogens with zero attached hydrogens (tertiary/aromatic N) is 2. The van der Waals surface area contributed by atoms with Crippen molar-refractivity contribution >= 4 is 11.6 Å². The second-order valence-corrected chi connectivity index (χ2v) is 5.18. The van der Waals surface area contributed by atoms with Crippen molar-refractivity contribution in [3.8, 4) is 17.1 Å². The van der Waals surface area contributed by atoms with Gasteiger partial charge in [0.2, 0.25) is 5.91 Å². The monoisotopic (exact) mass is 308 g/mol. The van der Waals surface area contributed by atoms with Crippen molar-refractivity contribution in [3.05, 3.63) is 59.9 Å². The van der Waals surface area contributed by atoms with Gasteiger partial charge in [0.05, 0.1) is 6.42 Å². The average Bonchev–Trinajstić information content (AvgIpc) is 2.96. The normalized spacial score (nSPS) is 10.5. The number of anilines is 1. The molecule has 0 saturated carbocycles. The summed E-state index contributed by atoms with van der Waals surface area (Å²) in [5.41, 5.74) is 2.06. The van der Waals surface area contributed by atoms with Crippen molar-refractivity contribution in [1.82, 2.24) is 15.2 Å². The average molecular weight is 308 g/mol. The lowest BCUT2D eigenvalue weighted by atomic mass is 10.1. The molecular weight excluding hydrogens is 292 g/mol. The molecule has 0 fully saturated rings. The summed E-state index contributed by atoms with van der Waals surface area (Å²) in [6.07, 6.45) is 0.108. The van der Waals surface area contributed by atoms with Gasteiger partial charge in [0.15, 0.2) is 5.82 Å². The van der Waals surface area contributed by atoms with Crippen LogP contribution in [0.3, 0.4) is 0 Å². The van der Waals surface area contributed by atoms with Crippen molar-refractivity contribution < 1.29 is 9.90 Å². The summed E-state index contributed by atoms with van der Waals surface area (Å²) in [5, 5.41) is 19.4. The third kappa shape index (κ3) is 3.55. The largest absolute Gasteiger partial charge is 0.508 e. The molecule has 0 unspecified atom stereocenters. The minimum atomic E-state index is -0.199. The molecule has 0 saturated heterocycles. The maximum Gasteiger partial charge on any atom is 0.228 e. The predicted molar refractivity (Wildman–Crippen MR) is 87.0 cm³/mol. The van der Waals surface area contributed by atoms with Gasteiger partial charge in [0.25, 0.3) is 0 Å². The Balaban J connectivity index is 1.73. The number of aromatic hydroxyl groups is 1. The van der Waals surface area contributed by atoms with Crippen molar-refractivity contribution in [3.63, 3.8) is 0 Å². The molecule has 23 heavy (non-hydrogen) atoms. The molecule has 6 nitrogen and oxygen atoms in total. The van der Waals surface area contributed by atoms with E-state index in [4.69, 9.17) is 0 Å². The van der Waals surface area contributed by atoms with Crippen LogP contribution in [-0.4, -0.2) is 26.2 Å². The number of hydrogen-bond acceptors (Lipinski definition) is 4. The lowest BCUT2D eigenvalue weighted by molar-refractivity contribution is -0.115. The second kappa shape index (κ2) is 6.31. The predicted octanol–water partition coefficient (Wildman–Crippen LogP) is 2.67. The fourth-order valence-corrected chi connectivity index (χ4v) is 2.25. The van der Waals surface area contributed by atoms with Gasteiger partial charge in [-0.2, -0.15) is 5.10 Å². The van der Waals surface area contributed by atoms with Crippen LogP contribution in [0.15, 0.2) is 48.5 Å². The first-order chi connectivity index (χ1) is 11.1. The van der Waals surface area contributed by atoms with Crippen molar-refractivity contribution in [1.29, 1.82) is 0 Å².